The molecule has 1 aliphatic carbocycles. The monoisotopic (exact) mass is 416 g/mol. The van der Waals surface area contributed by atoms with Gasteiger partial charge in [-0.05, 0) is 69.0 Å². The van der Waals surface area contributed by atoms with E-state index < -0.39 is 0 Å². The van der Waals surface area contributed by atoms with Gasteiger partial charge in [0, 0.05) is 49.2 Å². The zero-order chi connectivity index (χ0) is 21.0. The Hall–Kier alpha value is -2.93. The van der Waals surface area contributed by atoms with Crippen LogP contribution in [0.4, 0.5) is 0 Å². The molecule has 2 aliphatic rings. The van der Waals surface area contributed by atoms with Gasteiger partial charge in [0.2, 0.25) is 0 Å². The quantitative estimate of drug-likeness (QED) is 0.614. The van der Waals surface area contributed by atoms with Crippen molar-refractivity contribution in [1.82, 2.24) is 29.6 Å². The maximum Gasteiger partial charge on any atom is 0.266 e. The first kappa shape index (κ1) is 20.0. The SMILES string of the molecule is O=c1ccc(-c2ccncc2)nn1CC1CCN(Cc2ccnc(C3CCC3)n2)CC1. The first-order chi connectivity index (χ1) is 15.2. The minimum atomic E-state index is -0.0373. The molecule has 0 spiro atoms. The van der Waals surface area contributed by atoms with Crippen molar-refractivity contribution in [3.8, 4) is 11.3 Å². The molecule has 3 aromatic heterocycles. The average molecular weight is 417 g/mol. The van der Waals surface area contributed by atoms with Gasteiger partial charge in [-0.25, -0.2) is 14.6 Å². The Morgan fingerprint density at radius 1 is 0.935 bits per heavy atom. The Labute approximate surface area is 182 Å². The van der Waals surface area contributed by atoms with Crippen molar-refractivity contribution in [3.05, 3.63) is 70.8 Å². The first-order valence-corrected chi connectivity index (χ1v) is 11.3. The number of pyridine rings is 1. The standard InChI is InChI=1S/C24H28N6O/c31-23-5-4-22(19-6-11-25-12-7-19)28-30(23)16-18-9-14-29(15-10-18)17-21-8-13-26-24(27-21)20-2-1-3-20/h4-8,11-13,18,20H,1-3,9-10,14-17H2. The van der Waals surface area contributed by atoms with Crippen LogP contribution >= 0.6 is 0 Å². The van der Waals surface area contributed by atoms with Crippen LogP contribution in [-0.2, 0) is 13.1 Å². The third-order valence-corrected chi connectivity index (χ3v) is 6.57. The molecule has 3 aromatic rings. The highest BCUT2D eigenvalue weighted by Gasteiger charge is 2.24. The molecule has 7 heteroatoms. The second-order valence-corrected chi connectivity index (χ2v) is 8.73. The molecule has 0 N–H and O–H groups in total. The topological polar surface area (TPSA) is 76.8 Å². The molecule has 4 heterocycles. The van der Waals surface area contributed by atoms with Gasteiger partial charge < -0.3 is 0 Å². The fourth-order valence-electron chi connectivity index (χ4n) is 4.42. The van der Waals surface area contributed by atoms with Gasteiger partial charge in [0.25, 0.3) is 5.56 Å². The normalized spacial score (nSPS) is 18.1. The van der Waals surface area contributed by atoms with Gasteiger partial charge in [-0.1, -0.05) is 6.42 Å². The van der Waals surface area contributed by atoms with Crippen LogP contribution in [0.1, 0.15) is 49.5 Å². The van der Waals surface area contributed by atoms with E-state index in [1.165, 1.54) is 19.3 Å². The number of hydrogen-bond acceptors (Lipinski definition) is 6. The summed E-state index contributed by atoms with van der Waals surface area (Å²) in [6, 6.07) is 9.28. The zero-order valence-corrected chi connectivity index (χ0v) is 17.7. The van der Waals surface area contributed by atoms with E-state index in [0.29, 0.717) is 18.4 Å². The van der Waals surface area contributed by atoms with Gasteiger partial charge in [-0.3, -0.25) is 14.7 Å². The lowest BCUT2D eigenvalue weighted by molar-refractivity contribution is 0.162. The Kier molecular flexibility index (Phi) is 5.84. The van der Waals surface area contributed by atoms with Gasteiger partial charge in [0.05, 0.1) is 11.4 Å². The summed E-state index contributed by atoms with van der Waals surface area (Å²) in [7, 11) is 0. The van der Waals surface area contributed by atoms with Crippen LogP contribution in [0.15, 0.2) is 53.7 Å². The number of hydrogen-bond donors (Lipinski definition) is 0. The summed E-state index contributed by atoms with van der Waals surface area (Å²) in [6.07, 6.45) is 11.3. The van der Waals surface area contributed by atoms with Gasteiger partial charge in [-0.15, -0.1) is 0 Å². The molecule has 0 bridgehead atoms. The predicted octanol–water partition coefficient (Wildman–Crippen LogP) is 3.28. The van der Waals surface area contributed by atoms with Gasteiger partial charge in [0.15, 0.2) is 0 Å². The molecule has 2 fully saturated rings. The molecule has 1 saturated carbocycles. The second-order valence-electron chi connectivity index (χ2n) is 8.73. The summed E-state index contributed by atoms with van der Waals surface area (Å²) in [5, 5.41) is 4.61. The van der Waals surface area contributed by atoms with E-state index in [0.717, 1.165) is 55.3 Å². The van der Waals surface area contributed by atoms with Crippen molar-refractivity contribution in [2.24, 2.45) is 5.92 Å². The average Bonchev–Trinajstić information content (AvgIpc) is 2.76. The highest BCUT2D eigenvalue weighted by atomic mass is 16.1. The van der Waals surface area contributed by atoms with E-state index in [1.54, 1.807) is 29.2 Å². The van der Waals surface area contributed by atoms with Crippen LogP contribution in [0.5, 0.6) is 0 Å². The number of nitrogens with zero attached hydrogens (tertiary/aromatic N) is 6. The first-order valence-electron chi connectivity index (χ1n) is 11.3. The molecule has 0 unspecified atom stereocenters. The largest absolute Gasteiger partial charge is 0.297 e. The van der Waals surface area contributed by atoms with Crippen molar-refractivity contribution >= 4 is 0 Å². The molecule has 1 saturated heterocycles. The maximum atomic E-state index is 12.4. The summed E-state index contributed by atoms with van der Waals surface area (Å²) < 4.78 is 1.63. The minimum absolute atomic E-state index is 0.0373. The van der Waals surface area contributed by atoms with Crippen LogP contribution in [0.25, 0.3) is 11.3 Å². The van der Waals surface area contributed by atoms with E-state index in [2.05, 4.69) is 20.0 Å². The van der Waals surface area contributed by atoms with E-state index in [9.17, 15) is 4.79 Å². The molecule has 0 amide bonds. The molecule has 0 aromatic carbocycles. The number of aromatic nitrogens is 5. The fraction of sp³-hybridized carbons (Fsp3) is 0.458. The van der Waals surface area contributed by atoms with Crippen molar-refractivity contribution in [2.75, 3.05) is 13.1 Å². The molecule has 7 nitrogen and oxygen atoms in total. The Morgan fingerprint density at radius 2 is 1.74 bits per heavy atom. The fourth-order valence-corrected chi connectivity index (χ4v) is 4.42. The van der Waals surface area contributed by atoms with Crippen molar-refractivity contribution < 1.29 is 0 Å². The van der Waals surface area contributed by atoms with Crippen LogP contribution in [0.2, 0.25) is 0 Å². The van der Waals surface area contributed by atoms with Crippen LogP contribution in [0, 0.1) is 5.92 Å². The van der Waals surface area contributed by atoms with Crippen molar-refractivity contribution in [1.29, 1.82) is 0 Å². The lowest BCUT2D eigenvalue weighted by atomic mass is 9.85. The molecular weight excluding hydrogens is 388 g/mol. The van der Waals surface area contributed by atoms with Crippen LogP contribution in [-0.4, -0.2) is 42.7 Å². The Morgan fingerprint density at radius 3 is 2.48 bits per heavy atom. The molecule has 5 rings (SSSR count). The third kappa shape index (κ3) is 4.71. The summed E-state index contributed by atoms with van der Waals surface area (Å²) in [6.45, 7) is 3.59. The molecule has 160 valence electrons. The molecular formula is C24H28N6O. The molecule has 0 atom stereocenters. The van der Waals surface area contributed by atoms with Gasteiger partial charge >= 0.3 is 0 Å². The Bertz CT molecular complexity index is 1070. The van der Waals surface area contributed by atoms with E-state index >= 15 is 0 Å². The van der Waals surface area contributed by atoms with Crippen LogP contribution < -0.4 is 5.56 Å². The number of piperidine rings is 1. The Balaban J connectivity index is 1.18. The van der Waals surface area contributed by atoms with Crippen molar-refractivity contribution in [3.63, 3.8) is 0 Å². The van der Waals surface area contributed by atoms with E-state index in [1.807, 2.05) is 24.4 Å². The smallest absolute Gasteiger partial charge is 0.266 e. The van der Waals surface area contributed by atoms with E-state index in [-0.39, 0.29) is 5.56 Å². The maximum absolute atomic E-state index is 12.4. The van der Waals surface area contributed by atoms with Crippen LogP contribution in [0.3, 0.4) is 0 Å². The van der Waals surface area contributed by atoms with Gasteiger partial charge in [-0.2, -0.15) is 5.10 Å². The summed E-state index contributed by atoms with van der Waals surface area (Å²) >= 11 is 0. The third-order valence-electron chi connectivity index (χ3n) is 6.57. The molecule has 31 heavy (non-hydrogen) atoms. The number of rotatable bonds is 6. The van der Waals surface area contributed by atoms with Crippen molar-refractivity contribution in [2.45, 2.75) is 51.1 Å². The van der Waals surface area contributed by atoms with Gasteiger partial charge in [0.1, 0.15) is 5.82 Å². The number of likely N-dealkylation sites (tertiary alicyclic amines) is 1. The molecule has 1 aliphatic heterocycles. The second kappa shape index (κ2) is 9.06. The summed E-state index contributed by atoms with van der Waals surface area (Å²) in [5.41, 5.74) is 2.87. The zero-order valence-electron chi connectivity index (χ0n) is 17.7. The summed E-state index contributed by atoms with van der Waals surface area (Å²) in [4.78, 5) is 28.2. The molecule has 0 radical (unpaired) electrons. The highest BCUT2D eigenvalue weighted by Crippen LogP contribution is 2.34. The summed E-state index contributed by atoms with van der Waals surface area (Å²) in [5.74, 6) is 2.06. The minimum Gasteiger partial charge on any atom is -0.297 e. The highest BCUT2D eigenvalue weighted by molar-refractivity contribution is 5.56. The lowest BCUT2D eigenvalue weighted by Crippen LogP contribution is -2.36. The lowest BCUT2D eigenvalue weighted by Gasteiger charge is -2.32. The predicted molar refractivity (Wildman–Crippen MR) is 118 cm³/mol. The van der Waals surface area contributed by atoms with E-state index in [4.69, 9.17) is 4.98 Å².